The van der Waals surface area contributed by atoms with Gasteiger partial charge >= 0.3 is 0 Å². The summed E-state index contributed by atoms with van der Waals surface area (Å²) in [6.45, 7) is 2.22. The molecule has 2 aromatic carbocycles. The van der Waals surface area contributed by atoms with E-state index in [1.54, 1.807) is 12.1 Å². The average Bonchev–Trinajstić information content (AvgIpc) is 3.22. The van der Waals surface area contributed by atoms with E-state index < -0.39 is 0 Å². The van der Waals surface area contributed by atoms with Crippen LogP contribution in [0.2, 0.25) is 5.02 Å². The molecule has 0 heterocycles. The first-order chi connectivity index (χ1) is 10.2. The van der Waals surface area contributed by atoms with Crippen molar-refractivity contribution in [3.05, 3.63) is 70.7 Å². The molecule has 0 radical (unpaired) electrons. The molecule has 0 saturated heterocycles. The van der Waals surface area contributed by atoms with E-state index in [-0.39, 0.29) is 11.9 Å². The Kier molecular flexibility index (Phi) is 3.98. The maximum Gasteiger partial charge on any atom is 0.253 e. The fourth-order valence-electron chi connectivity index (χ4n) is 2.78. The molecule has 3 rings (SSSR count). The number of rotatable bonds is 4. The number of hydrogen-bond donors (Lipinski definition) is 1. The van der Waals surface area contributed by atoms with Gasteiger partial charge in [0.15, 0.2) is 0 Å². The summed E-state index contributed by atoms with van der Waals surface area (Å²) in [5, 5.41) is 3.65. The number of benzene rings is 2. The van der Waals surface area contributed by atoms with Crippen LogP contribution in [0.4, 0.5) is 0 Å². The van der Waals surface area contributed by atoms with Crippen LogP contribution in [0.5, 0.6) is 0 Å². The highest BCUT2D eigenvalue weighted by Crippen LogP contribution is 2.47. The summed E-state index contributed by atoms with van der Waals surface area (Å²) in [4.78, 5) is 12.5. The van der Waals surface area contributed by atoms with E-state index in [9.17, 15) is 4.79 Å². The molecular weight excluding hydrogens is 282 g/mol. The number of hydrogen-bond acceptors (Lipinski definition) is 1. The molecule has 0 spiro atoms. The van der Waals surface area contributed by atoms with Gasteiger partial charge in [-0.1, -0.05) is 61.0 Å². The smallest absolute Gasteiger partial charge is 0.253 e. The van der Waals surface area contributed by atoms with Gasteiger partial charge in [-0.15, -0.1) is 0 Å². The predicted molar refractivity (Wildman–Crippen MR) is 85.4 cm³/mol. The van der Waals surface area contributed by atoms with Crippen LogP contribution < -0.4 is 5.32 Å². The fourth-order valence-corrected chi connectivity index (χ4v) is 3.00. The number of carbonyl (C=O) groups is 1. The Hall–Kier alpha value is -1.80. The van der Waals surface area contributed by atoms with Crippen molar-refractivity contribution in [1.82, 2.24) is 5.32 Å². The molecule has 1 aliphatic carbocycles. The largest absolute Gasteiger partial charge is 0.345 e. The van der Waals surface area contributed by atoms with Crippen molar-refractivity contribution in [3.8, 4) is 0 Å². The van der Waals surface area contributed by atoms with Gasteiger partial charge in [-0.3, -0.25) is 4.79 Å². The number of carbonyl (C=O) groups excluding carboxylic acids is 1. The van der Waals surface area contributed by atoms with Gasteiger partial charge in [0.25, 0.3) is 5.91 Å². The van der Waals surface area contributed by atoms with Crippen LogP contribution >= 0.6 is 11.6 Å². The third-order valence-corrected chi connectivity index (χ3v) is 4.49. The van der Waals surface area contributed by atoms with Gasteiger partial charge in [0.1, 0.15) is 0 Å². The van der Waals surface area contributed by atoms with Crippen molar-refractivity contribution in [1.29, 1.82) is 0 Å². The summed E-state index contributed by atoms with van der Waals surface area (Å²) in [7, 11) is 0. The Morgan fingerprint density at radius 3 is 2.38 bits per heavy atom. The van der Waals surface area contributed by atoms with E-state index in [4.69, 9.17) is 11.6 Å². The average molecular weight is 300 g/mol. The summed E-state index contributed by atoms with van der Waals surface area (Å²) in [5.41, 5.74) is 1.70. The molecule has 1 saturated carbocycles. The second-order valence-electron chi connectivity index (χ2n) is 5.72. The molecule has 1 aliphatic rings. The second kappa shape index (κ2) is 5.90. The zero-order valence-electron chi connectivity index (χ0n) is 11.9. The van der Waals surface area contributed by atoms with Crippen LogP contribution in [0.15, 0.2) is 54.6 Å². The lowest BCUT2D eigenvalue weighted by atomic mass is 10.0. The first kappa shape index (κ1) is 14.2. The summed E-state index contributed by atoms with van der Waals surface area (Å²) in [6.07, 6.45) is 1.16. The van der Waals surface area contributed by atoms with Crippen molar-refractivity contribution in [2.75, 3.05) is 0 Å². The lowest BCUT2D eigenvalue weighted by molar-refractivity contribution is 0.0931. The van der Waals surface area contributed by atoms with Gasteiger partial charge in [-0.05, 0) is 36.0 Å². The summed E-state index contributed by atoms with van der Waals surface area (Å²) < 4.78 is 0. The monoisotopic (exact) mass is 299 g/mol. The molecular formula is C18H18ClNO. The van der Waals surface area contributed by atoms with E-state index in [1.165, 1.54) is 0 Å². The lowest BCUT2D eigenvalue weighted by Crippen LogP contribution is -2.30. The molecule has 2 aromatic rings. The molecule has 3 atom stereocenters. The molecule has 0 aliphatic heterocycles. The van der Waals surface area contributed by atoms with Gasteiger partial charge in [0.05, 0.1) is 16.6 Å². The first-order valence-electron chi connectivity index (χ1n) is 7.27. The van der Waals surface area contributed by atoms with E-state index in [0.717, 1.165) is 12.0 Å². The van der Waals surface area contributed by atoms with Crippen LogP contribution in [0.1, 0.15) is 35.3 Å². The molecule has 3 unspecified atom stereocenters. The minimum Gasteiger partial charge on any atom is -0.345 e. The molecule has 1 amide bonds. The van der Waals surface area contributed by atoms with Crippen molar-refractivity contribution in [2.24, 2.45) is 11.8 Å². The highest BCUT2D eigenvalue weighted by molar-refractivity contribution is 6.33. The number of halogens is 1. The van der Waals surface area contributed by atoms with Crippen molar-refractivity contribution in [2.45, 2.75) is 19.4 Å². The minimum absolute atomic E-state index is 0.0602. The fraction of sp³-hybridized carbons (Fsp3) is 0.278. The zero-order chi connectivity index (χ0) is 14.8. The molecule has 1 N–H and O–H groups in total. The molecule has 3 heteroatoms. The Labute approximate surface area is 130 Å². The van der Waals surface area contributed by atoms with Gasteiger partial charge in [-0.2, -0.15) is 0 Å². The van der Waals surface area contributed by atoms with Gasteiger partial charge in [-0.25, -0.2) is 0 Å². The molecule has 0 bridgehead atoms. The molecule has 21 heavy (non-hydrogen) atoms. The van der Waals surface area contributed by atoms with Crippen LogP contribution in [0.25, 0.3) is 0 Å². The zero-order valence-corrected chi connectivity index (χ0v) is 12.7. The maximum atomic E-state index is 12.5. The third-order valence-electron chi connectivity index (χ3n) is 4.16. The van der Waals surface area contributed by atoms with Crippen LogP contribution in [0.3, 0.4) is 0 Å². The van der Waals surface area contributed by atoms with Crippen molar-refractivity contribution in [3.63, 3.8) is 0 Å². The standard InChI is InChI=1S/C18H18ClNO/c1-12-11-15(12)17(13-7-3-2-4-8-13)20-18(21)14-9-5-6-10-16(14)19/h2-10,12,15,17H,11H2,1H3,(H,20,21). The van der Waals surface area contributed by atoms with E-state index >= 15 is 0 Å². The Bertz CT molecular complexity index is 641. The number of nitrogens with one attached hydrogen (secondary N) is 1. The number of amides is 1. The van der Waals surface area contributed by atoms with Gasteiger partial charge in [0.2, 0.25) is 0 Å². The quantitative estimate of drug-likeness (QED) is 0.887. The maximum absolute atomic E-state index is 12.5. The van der Waals surface area contributed by atoms with Crippen molar-refractivity contribution < 1.29 is 4.79 Å². The lowest BCUT2D eigenvalue weighted by Gasteiger charge is -2.19. The highest BCUT2D eigenvalue weighted by atomic mass is 35.5. The second-order valence-corrected chi connectivity index (χ2v) is 6.13. The summed E-state index contributed by atoms with van der Waals surface area (Å²) in [5.74, 6) is 1.06. The minimum atomic E-state index is -0.103. The molecule has 108 valence electrons. The van der Waals surface area contributed by atoms with E-state index in [1.807, 2.05) is 30.3 Å². The Balaban J connectivity index is 1.83. The third kappa shape index (κ3) is 3.11. The van der Waals surface area contributed by atoms with Crippen LogP contribution in [-0.2, 0) is 0 Å². The predicted octanol–water partition coefficient (Wildman–Crippen LogP) is 4.47. The van der Waals surface area contributed by atoms with E-state index in [2.05, 4.69) is 24.4 Å². The van der Waals surface area contributed by atoms with Gasteiger partial charge in [0, 0.05) is 0 Å². The van der Waals surface area contributed by atoms with E-state index in [0.29, 0.717) is 22.4 Å². The Morgan fingerprint density at radius 1 is 1.14 bits per heavy atom. The normalized spacial score (nSPS) is 21.6. The van der Waals surface area contributed by atoms with Crippen molar-refractivity contribution >= 4 is 17.5 Å². The molecule has 2 nitrogen and oxygen atoms in total. The van der Waals surface area contributed by atoms with Crippen LogP contribution in [0, 0.1) is 11.8 Å². The van der Waals surface area contributed by atoms with Gasteiger partial charge < -0.3 is 5.32 Å². The molecule has 0 aromatic heterocycles. The Morgan fingerprint density at radius 2 is 1.76 bits per heavy atom. The van der Waals surface area contributed by atoms with Crippen LogP contribution in [-0.4, -0.2) is 5.91 Å². The molecule has 1 fully saturated rings. The summed E-state index contributed by atoms with van der Waals surface area (Å²) in [6, 6.07) is 17.4. The first-order valence-corrected chi connectivity index (χ1v) is 7.65. The SMILES string of the molecule is CC1CC1C(NC(=O)c1ccccc1Cl)c1ccccc1. The topological polar surface area (TPSA) is 29.1 Å². The summed E-state index contributed by atoms with van der Waals surface area (Å²) >= 11 is 6.11. The highest BCUT2D eigenvalue weighted by Gasteiger charge is 2.41.